The lowest BCUT2D eigenvalue weighted by Gasteiger charge is -2.28. The van der Waals surface area contributed by atoms with Crippen molar-refractivity contribution < 1.29 is 18.7 Å². The van der Waals surface area contributed by atoms with Gasteiger partial charge in [0.1, 0.15) is 5.69 Å². The minimum absolute atomic E-state index is 0.0621. The Labute approximate surface area is 205 Å². The van der Waals surface area contributed by atoms with Crippen LogP contribution < -0.4 is 20.5 Å². The summed E-state index contributed by atoms with van der Waals surface area (Å²) in [5, 5.41) is 6.93. The largest absolute Gasteiger partial charge is 0.494 e. The zero-order chi connectivity index (χ0) is 25.4. The third kappa shape index (κ3) is 3.82. The van der Waals surface area contributed by atoms with Crippen LogP contribution in [0.15, 0.2) is 65.6 Å². The van der Waals surface area contributed by atoms with Crippen molar-refractivity contribution in [1.29, 1.82) is 0 Å². The smallest absolute Gasteiger partial charge is 0.277 e. The number of pyridine rings is 1. The summed E-state index contributed by atoms with van der Waals surface area (Å²) in [6.45, 7) is 2.22. The van der Waals surface area contributed by atoms with Gasteiger partial charge < -0.3 is 15.0 Å². The number of ether oxygens (including phenoxy) is 1. The van der Waals surface area contributed by atoms with Crippen molar-refractivity contribution in [2.24, 2.45) is 0 Å². The lowest BCUT2D eigenvalue weighted by molar-refractivity contribution is -0.105. The molecular weight excluding hydrogens is 465 g/mol. The van der Waals surface area contributed by atoms with Crippen molar-refractivity contribution >= 4 is 23.8 Å². The molecule has 0 bridgehead atoms. The second-order valence-corrected chi connectivity index (χ2v) is 8.26. The van der Waals surface area contributed by atoms with E-state index in [9.17, 15) is 18.8 Å². The molecule has 2 amide bonds. The fourth-order valence-corrected chi connectivity index (χ4v) is 4.46. The van der Waals surface area contributed by atoms with Crippen molar-refractivity contribution in [2.75, 3.05) is 23.9 Å². The van der Waals surface area contributed by atoms with Crippen molar-refractivity contribution in [3.05, 3.63) is 93.8 Å². The van der Waals surface area contributed by atoms with Gasteiger partial charge in [-0.15, -0.1) is 5.10 Å². The van der Waals surface area contributed by atoms with Crippen LogP contribution >= 0.6 is 0 Å². The summed E-state index contributed by atoms with van der Waals surface area (Å²) >= 11 is 0. The number of carbonyl (C=O) groups excluding carboxylic acids is 2. The summed E-state index contributed by atoms with van der Waals surface area (Å²) in [6, 6.07) is 14.6. The highest BCUT2D eigenvalue weighted by Gasteiger charge is 2.33. The van der Waals surface area contributed by atoms with Crippen LogP contribution in [0.1, 0.15) is 21.6 Å². The average Bonchev–Trinajstić information content (AvgIpc) is 3.24. The first-order valence-corrected chi connectivity index (χ1v) is 11.2. The molecule has 0 aliphatic carbocycles. The van der Waals surface area contributed by atoms with Crippen LogP contribution in [0.25, 0.3) is 11.4 Å². The maximum Gasteiger partial charge on any atom is 0.277 e. The summed E-state index contributed by atoms with van der Waals surface area (Å²) in [4.78, 5) is 38.8. The molecule has 5 rings (SSSR count). The number of anilines is 2. The summed E-state index contributed by atoms with van der Waals surface area (Å²) in [7, 11) is 1.36. The third-order valence-electron chi connectivity index (χ3n) is 6.17. The molecule has 0 saturated carbocycles. The molecule has 3 heterocycles. The molecule has 4 aromatic rings. The Morgan fingerprint density at radius 1 is 1.08 bits per heavy atom. The van der Waals surface area contributed by atoms with Gasteiger partial charge in [0, 0.05) is 36.1 Å². The second kappa shape index (κ2) is 9.14. The Morgan fingerprint density at radius 3 is 2.58 bits per heavy atom. The van der Waals surface area contributed by atoms with Crippen LogP contribution in [0.3, 0.4) is 0 Å². The first-order valence-electron chi connectivity index (χ1n) is 11.2. The number of halogens is 1. The highest BCUT2D eigenvalue weighted by atomic mass is 19.1. The highest BCUT2D eigenvalue weighted by molar-refractivity contribution is 6.08. The topological polar surface area (TPSA) is 98.5 Å². The minimum Gasteiger partial charge on any atom is -0.494 e. The van der Waals surface area contributed by atoms with E-state index in [2.05, 4.69) is 10.4 Å². The zero-order valence-corrected chi connectivity index (χ0v) is 19.6. The Morgan fingerprint density at radius 2 is 1.89 bits per heavy atom. The van der Waals surface area contributed by atoms with Gasteiger partial charge in [0.05, 0.1) is 18.5 Å². The van der Waals surface area contributed by atoms with Gasteiger partial charge >= 0.3 is 0 Å². The van der Waals surface area contributed by atoms with Crippen LogP contribution in [0.2, 0.25) is 0 Å². The number of hydrogen-bond donors (Lipinski definition) is 1. The monoisotopic (exact) mass is 487 g/mol. The second-order valence-electron chi connectivity index (χ2n) is 8.26. The van der Waals surface area contributed by atoms with Gasteiger partial charge in [-0.05, 0) is 55.3 Å². The SMILES string of the molecule is COc1ccc(-n2nc(NC=O)c3c2C(=O)N(c2ccc(-n4ccccc4=O)c(C)c2)CC3)cc1F. The predicted molar refractivity (Wildman–Crippen MR) is 132 cm³/mol. The van der Waals surface area contributed by atoms with Gasteiger partial charge in [-0.25, -0.2) is 9.07 Å². The zero-order valence-electron chi connectivity index (χ0n) is 19.6. The lowest BCUT2D eigenvalue weighted by atomic mass is 10.0. The Hall–Kier alpha value is -4.73. The van der Waals surface area contributed by atoms with E-state index in [1.54, 1.807) is 46.0 Å². The summed E-state index contributed by atoms with van der Waals surface area (Å²) < 4.78 is 22.3. The molecule has 1 aliphatic heterocycles. The highest BCUT2D eigenvalue weighted by Crippen LogP contribution is 2.32. The Balaban J connectivity index is 1.57. The number of nitrogens with zero attached hydrogens (tertiary/aromatic N) is 4. The number of hydrogen-bond acceptors (Lipinski definition) is 5. The van der Waals surface area contributed by atoms with Crippen LogP contribution in [0.5, 0.6) is 5.75 Å². The van der Waals surface area contributed by atoms with Crippen molar-refractivity contribution in [3.8, 4) is 17.1 Å². The summed E-state index contributed by atoms with van der Waals surface area (Å²) in [6.07, 6.45) is 2.61. The van der Waals surface area contributed by atoms with Crippen LogP contribution in [0, 0.1) is 12.7 Å². The number of carbonyl (C=O) groups is 2. The molecule has 10 heteroatoms. The molecular formula is C26H22FN5O4. The van der Waals surface area contributed by atoms with Gasteiger partial charge in [0.15, 0.2) is 17.4 Å². The number of methoxy groups -OCH3 is 1. The maximum atomic E-state index is 14.5. The average molecular weight is 487 g/mol. The maximum absolute atomic E-state index is 14.5. The fourth-order valence-electron chi connectivity index (χ4n) is 4.46. The van der Waals surface area contributed by atoms with E-state index < -0.39 is 5.82 Å². The van der Waals surface area contributed by atoms with E-state index in [1.165, 1.54) is 30.0 Å². The third-order valence-corrected chi connectivity index (χ3v) is 6.17. The molecule has 0 fully saturated rings. The molecule has 1 N–H and O–H groups in total. The van der Waals surface area contributed by atoms with Gasteiger partial charge in [-0.1, -0.05) is 6.07 Å². The molecule has 0 spiro atoms. The van der Waals surface area contributed by atoms with E-state index >= 15 is 0 Å². The van der Waals surface area contributed by atoms with Gasteiger partial charge in [-0.3, -0.25) is 19.0 Å². The molecule has 0 atom stereocenters. The fraction of sp³-hybridized carbons (Fsp3) is 0.154. The van der Waals surface area contributed by atoms with Gasteiger partial charge in [0.25, 0.3) is 11.5 Å². The molecule has 1 aliphatic rings. The predicted octanol–water partition coefficient (Wildman–Crippen LogP) is 3.25. The number of aryl methyl sites for hydroxylation is 1. The summed E-state index contributed by atoms with van der Waals surface area (Å²) in [5.41, 5.74) is 3.14. The van der Waals surface area contributed by atoms with E-state index in [0.717, 1.165) is 5.56 Å². The molecule has 0 radical (unpaired) electrons. The summed E-state index contributed by atoms with van der Waals surface area (Å²) in [5.74, 6) is -0.638. The van der Waals surface area contributed by atoms with E-state index in [-0.39, 0.29) is 28.7 Å². The first-order chi connectivity index (χ1) is 17.4. The molecule has 36 heavy (non-hydrogen) atoms. The molecule has 0 saturated heterocycles. The minimum atomic E-state index is -0.605. The Bertz CT molecular complexity index is 1560. The van der Waals surface area contributed by atoms with Crippen LogP contribution in [-0.2, 0) is 11.2 Å². The number of amides is 2. The number of nitrogens with one attached hydrogen (secondary N) is 1. The van der Waals surface area contributed by atoms with Gasteiger partial charge in [-0.2, -0.15) is 0 Å². The number of benzene rings is 2. The van der Waals surface area contributed by atoms with Crippen molar-refractivity contribution in [2.45, 2.75) is 13.3 Å². The van der Waals surface area contributed by atoms with Crippen LogP contribution in [-0.4, -0.2) is 40.3 Å². The lowest BCUT2D eigenvalue weighted by Crippen LogP contribution is -2.39. The molecule has 2 aromatic carbocycles. The number of fused-ring (bicyclic) bond motifs is 1. The van der Waals surface area contributed by atoms with Crippen LogP contribution in [0.4, 0.5) is 15.9 Å². The van der Waals surface area contributed by atoms with Crippen molar-refractivity contribution in [1.82, 2.24) is 14.3 Å². The number of aromatic nitrogens is 3. The van der Waals surface area contributed by atoms with E-state index in [1.807, 2.05) is 13.0 Å². The number of rotatable bonds is 6. The first kappa shape index (κ1) is 23.0. The molecule has 0 unspecified atom stereocenters. The van der Waals surface area contributed by atoms with Crippen molar-refractivity contribution in [3.63, 3.8) is 0 Å². The quantitative estimate of drug-likeness (QED) is 0.421. The van der Waals surface area contributed by atoms with E-state index in [4.69, 9.17) is 4.74 Å². The molecule has 2 aromatic heterocycles. The standard InChI is InChI=1S/C26H22FN5O4/c1-16-13-17(6-8-21(16)31-11-4-3-5-23(31)34)30-12-10-19-24(26(30)35)32(29-25(19)28-15-33)18-7-9-22(36-2)20(27)14-18/h3-9,11,13-15H,10,12H2,1-2H3,(H,28,29,33). The normalized spacial score (nSPS) is 12.9. The van der Waals surface area contributed by atoms with E-state index in [0.29, 0.717) is 42.0 Å². The molecule has 182 valence electrons. The van der Waals surface area contributed by atoms with Gasteiger partial charge in [0.2, 0.25) is 6.41 Å². The Kier molecular flexibility index (Phi) is 5.85. The molecule has 9 nitrogen and oxygen atoms in total.